The van der Waals surface area contributed by atoms with Gasteiger partial charge in [0.25, 0.3) is 0 Å². The maximum atomic E-state index is 12.2. The quantitative estimate of drug-likeness (QED) is 0.827. The van der Waals surface area contributed by atoms with Crippen LogP contribution in [0, 0.1) is 0 Å². The Morgan fingerprint density at radius 3 is 2.60 bits per heavy atom. The Morgan fingerprint density at radius 2 is 2.05 bits per heavy atom. The SMILES string of the molecule is CCNc1ncc(S(=O)(=O)NC2CCC(SC)C2)cn1. The van der Waals surface area contributed by atoms with Crippen LogP contribution >= 0.6 is 11.8 Å². The van der Waals surface area contributed by atoms with E-state index in [1.807, 2.05) is 6.92 Å². The second kappa shape index (κ2) is 6.73. The zero-order valence-electron chi connectivity index (χ0n) is 11.7. The van der Waals surface area contributed by atoms with E-state index in [0.29, 0.717) is 17.7 Å². The Morgan fingerprint density at radius 1 is 1.35 bits per heavy atom. The molecule has 1 aromatic rings. The standard InChI is InChI=1S/C12H20N4O2S2/c1-3-13-12-14-7-11(8-15-12)20(17,18)16-9-4-5-10(6-9)19-2/h7-10,16H,3-6H2,1-2H3,(H,13,14,15). The molecule has 0 amide bonds. The minimum absolute atomic E-state index is 0.0193. The molecule has 2 unspecified atom stereocenters. The second-order valence-electron chi connectivity index (χ2n) is 4.76. The van der Waals surface area contributed by atoms with Crippen molar-refractivity contribution in [1.82, 2.24) is 14.7 Å². The highest BCUT2D eigenvalue weighted by Crippen LogP contribution is 2.29. The van der Waals surface area contributed by atoms with E-state index in [9.17, 15) is 8.42 Å². The van der Waals surface area contributed by atoms with Crippen LogP contribution in [0.5, 0.6) is 0 Å². The summed E-state index contributed by atoms with van der Waals surface area (Å²) in [4.78, 5) is 8.11. The normalized spacial score (nSPS) is 22.9. The molecule has 0 radical (unpaired) electrons. The van der Waals surface area contributed by atoms with Crippen LogP contribution in [0.25, 0.3) is 0 Å². The van der Waals surface area contributed by atoms with Gasteiger partial charge in [-0.2, -0.15) is 11.8 Å². The maximum Gasteiger partial charge on any atom is 0.243 e. The largest absolute Gasteiger partial charge is 0.355 e. The molecule has 6 nitrogen and oxygen atoms in total. The van der Waals surface area contributed by atoms with Crippen molar-refractivity contribution in [3.63, 3.8) is 0 Å². The molecule has 0 bridgehead atoms. The summed E-state index contributed by atoms with van der Waals surface area (Å²) in [6.07, 6.45) is 7.58. The third-order valence-corrected chi connectivity index (χ3v) is 5.88. The first kappa shape index (κ1) is 15.5. The number of anilines is 1. The second-order valence-corrected chi connectivity index (χ2v) is 7.61. The molecule has 1 aromatic heterocycles. The molecular formula is C12H20N4O2S2. The van der Waals surface area contributed by atoms with Gasteiger partial charge in [-0.3, -0.25) is 0 Å². The summed E-state index contributed by atoms with van der Waals surface area (Å²) in [5, 5.41) is 3.48. The molecule has 0 saturated heterocycles. The lowest BCUT2D eigenvalue weighted by atomic mass is 10.3. The van der Waals surface area contributed by atoms with E-state index in [1.54, 1.807) is 11.8 Å². The predicted octanol–water partition coefficient (Wildman–Crippen LogP) is 1.47. The van der Waals surface area contributed by atoms with Gasteiger partial charge in [0.1, 0.15) is 4.90 Å². The van der Waals surface area contributed by atoms with Gasteiger partial charge in [-0.15, -0.1) is 0 Å². The fourth-order valence-corrected chi connectivity index (χ4v) is 4.22. The van der Waals surface area contributed by atoms with Gasteiger partial charge in [-0.1, -0.05) is 0 Å². The van der Waals surface area contributed by atoms with Gasteiger partial charge in [0.15, 0.2) is 0 Å². The van der Waals surface area contributed by atoms with Crippen molar-refractivity contribution < 1.29 is 8.42 Å². The van der Waals surface area contributed by atoms with Crippen molar-refractivity contribution in [1.29, 1.82) is 0 Å². The van der Waals surface area contributed by atoms with E-state index < -0.39 is 10.0 Å². The number of hydrogen-bond acceptors (Lipinski definition) is 6. The average Bonchev–Trinajstić information content (AvgIpc) is 2.87. The highest BCUT2D eigenvalue weighted by Gasteiger charge is 2.28. The average molecular weight is 316 g/mol. The fourth-order valence-electron chi connectivity index (χ4n) is 2.25. The molecule has 20 heavy (non-hydrogen) atoms. The first-order valence-corrected chi connectivity index (χ1v) is 9.43. The van der Waals surface area contributed by atoms with E-state index in [-0.39, 0.29) is 10.9 Å². The molecule has 8 heteroatoms. The molecular weight excluding hydrogens is 296 g/mol. The highest BCUT2D eigenvalue weighted by atomic mass is 32.2. The third-order valence-electron chi connectivity index (χ3n) is 3.31. The summed E-state index contributed by atoms with van der Waals surface area (Å²) in [6, 6.07) is 0.0193. The van der Waals surface area contributed by atoms with Crippen LogP contribution in [-0.4, -0.2) is 42.5 Å². The number of thioether (sulfide) groups is 1. The van der Waals surface area contributed by atoms with E-state index in [2.05, 4.69) is 26.3 Å². The lowest BCUT2D eigenvalue weighted by molar-refractivity contribution is 0.552. The van der Waals surface area contributed by atoms with E-state index in [4.69, 9.17) is 0 Å². The number of hydrogen-bond donors (Lipinski definition) is 2. The van der Waals surface area contributed by atoms with Gasteiger partial charge in [0.05, 0.1) is 12.4 Å². The van der Waals surface area contributed by atoms with Gasteiger partial charge in [0, 0.05) is 17.8 Å². The van der Waals surface area contributed by atoms with Crippen LogP contribution in [0.2, 0.25) is 0 Å². The van der Waals surface area contributed by atoms with Gasteiger partial charge in [-0.25, -0.2) is 23.1 Å². The van der Waals surface area contributed by atoms with Crippen molar-refractivity contribution in [2.24, 2.45) is 0 Å². The summed E-state index contributed by atoms with van der Waals surface area (Å²) in [7, 11) is -3.52. The zero-order valence-corrected chi connectivity index (χ0v) is 13.3. The van der Waals surface area contributed by atoms with Crippen LogP contribution in [0.3, 0.4) is 0 Å². The van der Waals surface area contributed by atoms with Crippen LogP contribution in [0.4, 0.5) is 5.95 Å². The Hall–Kier alpha value is -0.860. The highest BCUT2D eigenvalue weighted by molar-refractivity contribution is 7.99. The maximum absolute atomic E-state index is 12.2. The summed E-state index contributed by atoms with van der Waals surface area (Å²) in [6.45, 7) is 2.63. The summed E-state index contributed by atoms with van der Waals surface area (Å²) in [5.74, 6) is 0.440. The van der Waals surface area contributed by atoms with Gasteiger partial charge >= 0.3 is 0 Å². The van der Waals surface area contributed by atoms with Crippen LogP contribution in [0.1, 0.15) is 26.2 Å². The molecule has 1 aliphatic rings. The molecule has 0 aliphatic heterocycles. The molecule has 1 saturated carbocycles. The van der Waals surface area contributed by atoms with Crippen LogP contribution in [-0.2, 0) is 10.0 Å². The van der Waals surface area contributed by atoms with E-state index in [0.717, 1.165) is 19.3 Å². The lowest BCUT2D eigenvalue weighted by Gasteiger charge is -2.13. The number of nitrogens with one attached hydrogen (secondary N) is 2. The molecule has 0 spiro atoms. The summed E-state index contributed by atoms with van der Waals surface area (Å²) in [5.41, 5.74) is 0. The molecule has 112 valence electrons. The van der Waals surface area contributed by atoms with E-state index >= 15 is 0 Å². The third kappa shape index (κ3) is 3.83. The molecule has 2 rings (SSSR count). The Labute approximate surface area is 124 Å². The van der Waals surface area contributed by atoms with Crippen molar-refractivity contribution >= 4 is 27.7 Å². The zero-order chi connectivity index (χ0) is 14.6. The fraction of sp³-hybridized carbons (Fsp3) is 0.667. The van der Waals surface area contributed by atoms with Gasteiger partial charge in [0.2, 0.25) is 16.0 Å². The molecule has 2 atom stereocenters. The topological polar surface area (TPSA) is 84.0 Å². The molecule has 1 fully saturated rings. The number of rotatable bonds is 6. The van der Waals surface area contributed by atoms with E-state index in [1.165, 1.54) is 12.4 Å². The molecule has 1 heterocycles. The van der Waals surface area contributed by atoms with Crippen molar-refractivity contribution in [2.45, 2.75) is 42.4 Å². The Balaban J connectivity index is 2.03. The molecule has 2 N–H and O–H groups in total. The van der Waals surface area contributed by atoms with Gasteiger partial charge in [-0.05, 0) is 32.4 Å². The lowest BCUT2D eigenvalue weighted by Crippen LogP contribution is -2.33. The number of sulfonamides is 1. The van der Waals surface area contributed by atoms with Crippen molar-refractivity contribution in [3.8, 4) is 0 Å². The summed E-state index contributed by atoms with van der Waals surface area (Å²) < 4.78 is 27.2. The minimum Gasteiger partial charge on any atom is -0.355 e. The predicted molar refractivity (Wildman–Crippen MR) is 81.5 cm³/mol. The Bertz CT molecular complexity index is 533. The summed E-state index contributed by atoms with van der Waals surface area (Å²) >= 11 is 1.80. The monoisotopic (exact) mass is 316 g/mol. The molecule has 0 aromatic carbocycles. The van der Waals surface area contributed by atoms with Crippen LogP contribution < -0.4 is 10.0 Å². The first-order valence-electron chi connectivity index (χ1n) is 6.66. The number of nitrogens with zero attached hydrogens (tertiary/aromatic N) is 2. The first-order chi connectivity index (χ1) is 9.55. The van der Waals surface area contributed by atoms with Crippen LogP contribution in [0.15, 0.2) is 17.3 Å². The Kier molecular flexibility index (Phi) is 5.22. The van der Waals surface area contributed by atoms with Crippen molar-refractivity contribution in [3.05, 3.63) is 12.4 Å². The number of aromatic nitrogens is 2. The smallest absolute Gasteiger partial charge is 0.243 e. The molecule has 1 aliphatic carbocycles. The minimum atomic E-state index is -3.52. The van der Waals surface area contributed by atoms with Crippen molar-refractivity contribution in [2.75, 3.05) is 18.1 Å². The van der Waals surface area contributed by atoms with Gasteiger partial charge < -0.3 is 5.32 Å².